The Morgan fingerprint density at radius 1 is 1.30 bits per heavy atom. The van der Waals surface area contributed by atoms with E-state index < -0.39 is 10.8 Å². The monoisotopic (exact) mass is 347 g/mol. The standard InChI is InChI=1S/C15H10ClN3O3S/c1-8-17-12-5-3-10(7-14(12)23-8)18-15(20)11-4-2-9(16)6-13(11)19(21)22/h2-7H,1H3,(H,18,20). The van der Waals surface area contributed by atoms with E-state index in [1.54, 1.807) is 18.2 Å². The number of carbonyl (C=O) groups excluding carboxylic acids is 1. The SMILES string of the molecule is Cc1nc2ccc(NC(=O)c3ccc(Cl)cc3[N+](=O)[O-])cc2s1. The number of nitro benzene ring substituents is 1. The highest BCUT2D eigenvalue weighted by Crippen LogP contribution is 2.27. The number of hydrogen-bond acceptors (Lipinski definition) is 5. The Labute approximate surface area is 139 Å². The Morgan fingerprint density at radius 2 is 2.09 bits per heavy atom. The zero-order valence-electron chi connectivity index (χ0n) is 11.9. The predicted molar refractivity (Wildman–Crippen MR) is 90.4 cm³/mol. The number of nitrogens with zero attached hydrogens (tertiary/aromatic N) is 2. The molecule has 0 unspecified atom stereocenters. The number of benzene rings is 2. The van der Waals surface area contributed by atoms with E-state index >= 15 is 0 Å². The number of nitro groups is 1. The van der Waals surface area contributed by atoms with Crippen LogP contribution < -0.4 is 5.32 Å². The van der Waals surface area contributed by atoms with E-state index in [4.69, 9.17) is 11.6 Å². The normalized spacial score (nSPS) is 10.7. The van der Waals surface area contributed by atoms with Crippen molar-refractivity contribution in [2.75, 3.05) is 5.32 Å². The molecule has 0 radical (unpaired) electrons. The van der Waals surface area contributed by atoms with Gasteiger partial charge in [-0.05, 0) is 37.3 Å². The first-order valence-electron chi connectivity index (χ1n) is 6.56. The van der Waals surface area contributed by atoms with E-state index in [-0.39, 0.29) is 16.3 Å². The van der Waals surface area contributed by atoms with Crippen molar-refractivity contribution in [2.24, 2.45) is 0 Å². The fourth-order valence-electron chi connectivity index (χ4n) is 2.16. The van der Waals surface area contributed by atoms with E-state index in [2.05, 4.69) is 10.3 Å². The van der Waals surface area contributed by atoms with Crippen molar-refractivity contribution in [1.29, 1.82) is 0 Å². The summed E-state index contributed by atoms with van der Waals surface area (Å²) in [6.07, 6.45) is 0. The van der Waals surface area contributed by atoms with Crippen LogP contribution in [0.25, 0.3) is 10.2 Å². The van der Waals surface area contributed by atoms with Gasteiger partial charge in [0, 0.05) is 16.8 Å². The molecule has 116 valence electrons. The topological polar surface area (TPSA) is 85.1 Å². The number of rotatable bonds is 3. The third-order valence-corrected chi connectivity index (χ3v) is 4.32. The van der Waals surface area contributed by atoms with Crippen molar-refractivity contribution in [1.82, 2.24) is 4.98 Å². The van der Waals surface area contributed by atoms with Gasteiger partial charge in [-0.1, -0.05) is 11.6 Å². The zero-order chi connectivity index (χ0) is 16.6. The number of aryl methyl sites for hydroxylation is 1. The molecule has 0 bridgehead atoms. The summed E-state index contributed by atoms with van der Waals surface area (Å²) < 4.78 is 0.936. The molecule has 1 heterocycles. The van der Waals surface area contributed by atoms with Gasteiger partial charge < -0.3 is 5.32 Å². The molecule has 0 saturated heterocycles. The van der Waals surface area contributed by atoms with Crippen LogP contribution in [-0.4, -0.2) is 15.8 Å². The molecule has 0 atom stereocenters. The number of fused-ring (bicyclic) bond motifs is 1. The minimum absolute atomic E-state index is 0.0417. The highest BCUT2D eigenvalue weighted by molar-refractivity contribution is 7.18. The quantitative estimate of drug-likeness (QED) is 0.561. The first kappa shape index (κ1) is 15.4. The van der Waals surface area contributed by atoms with Crippen molar-refractivity contribution in [3.05, 3.63) is 62.1 Å². The molecule has 1 amide bonds. The molecule has 1 N–H and O–H groups in total. The van der Waals surface area contributed by atoms with E-state index in [0.717, 1.165) is 21.3 Å². The summed E-state index contributed by atoms with van der Waals surface area (Å²) in [6, 6.07) is 9.24. The lowest BCUT2D eigenvalue weighted by Gasteiger charge is -2.06. The van der Waals surface area contributed by atoms with Gasteiger partial charge in [0.25, 0.3) is 11.6 Å². The van der Waals surface area contributed by atoms with Gasteiger partial charge in [0.05, 0.1) is 20.1 Å². The highest BCUT2D eigenvalue weighted by Gasteiger charge is 2.20. The van der Waals surface area contributed by atoms with Crippen molar-refractivity contribution >= 4 is 50.4 Å². The number of halogens is 1. The first-order chi connectivity index (χ1) is 10.9. The summed E-state index contributed by atoms with van der Waals surface area (Å²) in [5.41, 5.74) is 1.03. The summed E-state index contributed by atoms with van der Waals surface area (Å²) in [7, 11) is 0. The van der Waals surface area contributed by atoms with Crippen LogP contribution in [0, 0.1) is 17.0 Å². The summed E-state index contributed by atoms with van der Waals surface area (Å²) >= 11 is 7.26. The number of hydrogen-bond donors (Lipinski definition) is 1. The minimum Gasteiger partial charge on any atom is -0.322 e. The van der Waals surface area contributed by atoms with Crippen molar-refractivity contribution in [3.63, 3.8) is 0 Å². The zero-order valence-corrected chi connectivity index (χ0v) is 13.4. The van der Waals surface area contributed by atoms with Crippen LogP contribution in [0.5, 0.6) is 0 Å². The van der Waals surface area contributed by atoms with Crippen LogP contribution in [0.4, 0.5) is 11.4 Å². The number of amides is 1. The van der Waals surface area contributed by atoms with Gasteiger partial charge in [0.2, 0.25) is 0 Å². The average Bonchev–Trinajstić information content (AvgIpc) is 2.86. The molecule has 23 heavy (non-hydrogen) atoms. The number of nitrogens with one attached hydrogen (secondary N) is 1. The summed E-state index contributed by atoms with van der Waals surface area (Å²) in [5, 5.41) is 14.9. The van der Waals surface area contributed by atoms with Crippen LogP contribution in [0.1, 0.15) is 15.4 Å². The molecule has 0 aliphatic heterocycles. The maximum atomic E-state index is 12.3. The van der Waals surface area contributed by atoms with Crippen molar-refractivity contribution in [3.8, 4) is 0 Å². The van der Waals surface area contributed by atoms with Crippen molar-refractivity contribution in [2.45, 2.75) is 6.92 Å². The van der Waals surface area contributed by atoms with Crippen LogP contribution in [0.2, 0.25) is 5.02 Å². The summed E-state index contributed by atoms with van der Waals surface area (Å²) in [6.45, 7) is 1.90. The second-order valence-corrected chi connectivity index (χ2v) is 6.46. The lowest BCUT2D eigenvalue weighted by Crippen LogP contribution is -2.13. The maximum absolute atomic E-state index is 12.3. The van der Waals surface area contributed by atoms with Gasteiger partial charge >= 0.3 is 0 Å². The highest BCUT2D eigenvalue weighted by atomic mass is 35.5. The van der Waals surface area contributed by atoms with E-state index in [0.29, 0.717) is 5.69 Å². The summed E-state index contributed by atoms with van der Waals surface area (Å²) in [4.78, 5) is 27.1. The Kier molecular flexibility index (Phi) is 3.97. The number of carbonyl (C=O) groups is 1. The van der Waals surface area contributed by atoms with Crippen LogP contribution >= 0.6 is 22.9 Å². The Morgan fingerprint density at radius 3 is 2.83 bits per heavy atom. The summed E-state index contributed by atoms with van der Waals surface area (Å²) in [5.74, 6) is -0.561. The second-order valence-electron chi connectivity index (χ2n) is 4.79. The number of anilines is 1. The first-order valence-corrected chi connectivity index (χ1v) is 7.76. The molecular formula is C15H10ClN3O3S. The molecule has 3 aromatic rings. The van der Waals surface area contributed by atoms with Gasteiger partial charge in [-0.25, -0.2) is 4.98 Å². The molecule has 1 aromatic heterocycles. The lowest BCUT2D eigenvalue weighted by atomic mass is 10.1. The Hall–Kier alpha value is -2.51. The molecule has 0 aliphatic rings. The molecule has 3 rings (SSSR count). The minimum atomic E-state index is -0.628. The van der Waals surface area contributed by atoms with Crippen LogP contribution in [0.3, 0.4) is 0 Å². The molecule has 8 heteroatoms. The fraction of sp³-hybridized carbons (Fsp3) is 0.0667. The maximum Gasteiger partial charge on any atom is 0.283 e. The van der Waals surface area contributed by atoms with Gasteiger partial charge in [-0.2, -0.15) is 0 Å². The lowest BCUT2D eigenvalue weighted by molar-refractivity contribution is -0.385. The van der Waals surface area contributed by atoms with E-state index in [9.17, 15) is 14.9 Å². The van der Waals surface area contributed by atoms with Crippen LogP contribution in [0.15, 0.2) is 36.4 Å². The molecule has 0 fully saturated rings. The van der Waals surface area contributed by atoms with Gasteiger partial charge in [0.1, 0.15) is 5.56 Å². The average molecular weight is 348 g/mol. The van der Waals surface area contributed by atoms with Crippen molar-refractivity contribution < 1.29 is 9.72 Å². The predicted octanol–water partition coefficient (Wildman–Crippen LogP) is 4.42. The molecule has 2 aromatic carbocycles. The van der Waals surface area contributed by atoms with Gasteiger partial charge in [0.15, 0.2) is 0 Å². The Balaban J connectivity index is 1.92. The van der Waals surface area contributed by atoms with E-state index in [1.807, 2.05) is 6.92 Å². The molecular weight excluding hydrogens is 338 g/mol. The van der Waals surface area contributed by atoms with E-state index in [1.165, 1.54) is 23.5 Å². The van der Waals surface area contributed by atoms with Gasteiger partial charge in [-0.15, -0.1) is 11.3 Å². The third kappa shape index (κ3) is 3.15. The fourth-order valence-corrected chi connectivity index (χ4v) is 3.20. The molecule has 0 spiro atoms. The largest absolute Gasteiger partial charge is 0.322 e. The molecule has 0 aliphatic carbocycles. The second kappa shape index (κ2) is 5.94. The third-order valence-electron chi connectivity index (χ3n) is 3.15. The Bertz CT molecular complexity index is 939. The number of thiazole rings is 1. The van der Waals surface area contributed by atoms with Crippen LogP contribution in [-0.2, 0) is 0 Å². The smallest absolute Gasteiger partial charge is 0.283 e. The molecule has 0 saturated carbocycles. The molecule has 6 nitrogen and oxygen atoms in total. The van der Waals surface area contributed by atoms with Gasteiger partial charge in [-0.3, -0.25) is 14.9 Å². The number of aromatic nitrogens is 1.